The molecule has 0 aromatic heterocycles. The Balaban J connectivity index is 3.48. The lowest BCUT2D eigenvalue weighted by molar-refractivity contribution is 0.192. The number of methoxy groups -OCH3 is 1. The zero-order valence-corrected chi connectivity index (χ0v) is 9.02. The molecule has 0 saturated carbocycles. The third kappa shape index (κ3) is 1.83. The largest absolute Gasteiger partial charge is 0.493 e. The standard InChI is InChI=1S/C10H12ClFO2/c1-5-7(11)4-8(12)10(14-3)9(5)6(2)13/h4,6,13H,1-3H3. The van der Waals surface area contributed by atoms with Gasteiger partial charge in [-0.2, -0.15) is 0 Å². The zero-order chi connectivity index (χ0) is 10.9. The molecular formula is C10H12ClFO2. The predicted octanol–water partition coefficient (Wildman–Crippen LogP) is 2.85. The second-order valence-corrected chi connectivity index (χ2v) is 3.50. The maximum atomic E-state index is 13.3. The molecule has 0 spiro atoms. The van der Waals surface area contributed by atoms with Crippen LogP contribution in [0.2, 0.25) is 5.02 Å². The Morgan fingerprint density at radius 1 is 1.57 bits per heavy atom. The molecule has 0 fully saturated rings. The van der Waals surface area contributed by atoms with Gasteiger partial charge in [0.2, 0.25) is 0 Å². The van der Waals surface area contributed by atoms with Crippen LogP contribution in [-0.2, 0) is 0 Å². The van der Waals surface area contributed by atoms with Crippen LogP contribution in [0.1, 0.15) is 24.2 Å². The van der Waals surface area contributed by atoms with E-state index in [0.717, 1.165) is 0 Å². The van der Waals surface area contributed by atoms with E-state index in [0.29, 0.717) is 16.1 Å². The van der Waals surface area contributed by atoms with Crippen molar-refractivity contribution in [2.24, 2.45) is 0 Å². The molecule has 1 aromatic carbocycles. The third-order valence-electron chi connectivity index (χ3n) is 2.10. The summed E-state index contributed by atoms with van der Waals surface area (Å²) in [7, 11) is 1.36. The van der Waals surface area contributed by atoms with Crippen LogP contribution >= 0.6 is 11.6 Å². The van der Waals surface area contributed by atoms with Crippen molar-refractivity contribution in [3.8, 4) is 5.75 Å². The summed E-state index contributed by atoms with van der Waals surface area (Å²) < 4.78 is 18.2. The van der Waals surface area contributed by atoms with Crippen molar-refractivity contribution in [3.05, 3.63) is 28.0 Å². The monoisotopic (exact) mass is 218 g/mol. The lowest BCUT2D eigenvalue weighted by Gasteiger charge is -2.15. The van der Waals surface area contributed by atoms with Crippen molar-refractivity contribution >= 4 is 11.6 Å². The molecule has 1 N–H and O–H groups in total. The molecule has 2 nitrogen and oxygen atoms in total. The van der Waals surface area contributed by atoms with Gasteiger partial charge in [0.05, 0.1) is 13.2 Å². The molecule has 1 atom stereocenters. The third-order valence-corrected chi connectivity index (χ3v) is 2.49. The van der Waals surface area contributed by atoms with Crippen LogP contribution in [0.4, 0.5) is 4.39 Å². The Kier molecular flexibility index (Phi) is 3.34. The molecule has 0 aliphatic heterocycles. The number of halogens is 2. The van der Waals surface area contributed by atoms with E-state index in [4.69, 9.17) is 16.3 Å². The average Bonchev–Trinajstić information content (AvgIpc) is 2.10. The average molecular weight is 219 g/mol. The molecule has 0 saturated heterocycles. The molecule has 0 bridgehead atoms. The van der Waals surface area contributed by atoms with Crippen LogP contribution in [0, 0.1) is 12.7 Å². The maximum absolute atomic E-state index is 13.3. The summed E-state index contributed by atoms with van der Waals surface area (Å²) in [5.74, 6) is -0.499. The summed E-state index contributed by atoms with van der Waals surface area (Å²) in [6.45, 7) is 3.26. The van der Waals surface area contributed by atoms with E-state index in [9.17, 15) is 9.50 Å². The topological polar surface area (TPSA) is 29.5 Å². The summed E-state index contributed by atoms with van der Waals surface area (Å²) in [4.78, 5) is 0. The van der Waals surface area contributed by atoms with E-state index in [1.807, 2.05) is 0 Å². The van der Waals surface area contributed by atoms with Crippen molar-refractivity contribution in [2.75, 3.05) is 7.11 Å². The van der Waals surface area contributed by atoms with Gasteiger partial charge >= 0.3 is 0 Å². The molecule has 1 aromatic rings. The van der Waals surface area contributed by atoms with Crippen molar-refractivity contribution in [3.63, 3.8) is 0 Å². The first-order valence-corrected chi connectivity index (χ1v) is 4.57. The second-order valence-electron chi connectivity index (χ2n) is 3.09. The molecule has 1 rings (SSSR count). The highest BCUT2D eigenvalue weighted by molar-refractivity contribution is 6.31. The summed E-state index contributed by atoms with van der Waals surface area (Å²) in [5.41, 5.74) is 1.04. The Hall–Kier alpha value is -0.800. The molecule has 4 heteroatoms. The normalized spacial score (nSPS) is 12.7. The van der Waals surface area contributed by atoms with E-state index in [1.165, 1.54) is 13.2 Å². The molecule has 0 aliphatic carbocycles. The van der Waals surface area contributed by atoms with E-state index in [-0.39, 0.29) is 5.75 Å². The first-order chi connectivity index (χ1) is 6.49. The summed E-state index contributed by atoms with van der Waals surface area (Å²) in [6, 6.07) is 1.18. The number of aliphatic hydroxyl groups excluding tert-OH is 1. The van der Waals surface area contributed by atoms with Crippen molar-refractivity contribution < 1.29 is 14.2 Å². The SMILES string of the molecule is COc1c(F)cc(Cl)c(C)c1C(C)O. The fraction of sp³-hybridized carbons (Fsp3) is 0.400. The van der Waals surface area contributed by atoms with Crippen LogP contribution in [0.15, 0.2) is 6.07 Å². The molecule has 14 heavy (non-hydrogen) atoms. The van der Waals surface area contributed by atoms with Gasteiger partial charge in [-0.05, 0) is 25.5 Å². The van der Waals surface area contributed by atoms with Gasteiger partial charge in [-0.1, -0.05) is 11.6 Å². The van der Waals surface area contributed by atoms with E-state index in [2.05, 4.69) is 0 Å². The summed E-state index contributed by atoms with van der Waals surface area (Å²) in [5, 5.41) is 9.75. The maximum Gasteiger partial charge on any atom is 0.166 e. The van der Waals surface area contributed by atoms with Crippen LogP contribution in [0.5, 0.6) is 5.75 Å². The highest BCUT2D eigenvalue weighted by Gasteiger charge is 2.18. The minimum atomic E-state index is -0.807. The Morgan fingerprint density at radius 2 is 2.14 bits per heavy atom. The van der Waals surface area contributed by atoms with Gasteiger partial charge in [0.15, 0.2) is 11.6 Å². The lowest BCUT2D eigenvalue weighted by Crippen LogP contribution is -2.02. The number of hydrogen-bond acceptors (Lipinski definition) is 2. The molecular weight excluding hydrogens is 207 g/mol. The fourth-order valence-corrected chi connectivity index (χ4v) is 1.62. The highest BCUT2D eigenvalue weighted by Crippen LogP contribution is 2.35. The quantitative estimate of drug-likeness (QED) is 0.827. The number of benzene rings is 1. The molecule has 0 heterocycles. The smallest absolute Gasteiger partial charge is 0.166 e. The van der Waals surface area contributed by atoms with Gasteiger partial charge in [-0.15, -0.1) is 0 Å². The highest BCUT2D eigenvalue weighted by atomic mass is 35.5. The first kappa shape index (κ1) is 11.3. The van der Waals surface area contributed by atoms with Crippen molar-refractivity contribution in [1.82, 2.24) is 0 Å². The Morgan fingerprint density at radius 3 is 2.57 bits per heavy atom. The van der Waals surface area contributed by atoms with Crippen molar-refractivity contribution in [1.29, 1.82) is 0 Å². The van der Waals surface area contributed by atoms with Gasteiger partial charge in [0, 0.05) is 10.6 Å². The van der Waals surface area contributed by atoms with E-state index < -0.39 is 11.9 Å². The minimum Gasteiger partial charge on any atom is -0.493 e. The molecule has 0 aliphatic rings. The van der Waals surface area contributed by atoms with Crippen LogP contribution < -0.4 is 4.74 Å². The predicted molar refractivity (Wildman–Crippen MR) is 53.3 cm³/mol. The van der Waals surface area contributed by atoms with Crippen LogP contribution in [0.3, 0.4) is 0 Å². The van der Waals surface area contributed by atoms with Gasteiger partial charge in [-0.25, -0.2) is 4.39 Å². The molecule has 1 unspecified atom stereocenters. The van der Waals surface area contributed by atoms with E-state index in [1.54, 1.807) is 13.8 Å². The van der Waals surface area contributed by atoms with Gasteiger partial charge < -0.3 is 9.84 Å². The molecule has 0 amide bonds. The summed E-state index contributed by atoms with van der Waals surface area (Å²) in [6.07, 6.45) is -0.807. The number of hydrogen-bond donors (Lipinski definition) is 1. The van der Waals surface area contributed by atoms with Crippen LogP contribution in [0.25, 0.3) is 0 Å². The number of rotatable bonds is 2. The minimum absolute atomic E-state index is 0.0573. The number of ether oxygens (including phenoxy) is 1. The molecule has 78 valence electrons. The second kappa shape index (κ2) is 4.15. The Labute approximate surface area is 87.3 Å². The Bertz CT molecular complexity index is 350. The first-order valence-electron chi connectivity index (χ1n) is 4.19. The van der Waals surface area contributed by atoms with Gasteiger partial charge in [0.25, 0.3) is 0 Å². The van der Waals surface area contributed by atoms with Crippen LogP contribution in [-0.4, -0.2) is 12.2 Å². The van der Waals surface area contributed by atoms with E-state index >= 15 is 0 Å². The fourth-order valence-electron chi connectivity index (χ4n) is 1.42. The lowest BCUT2D eigenvalue weighted by atomic mass is 10.0. The van der Waals surface area contributed by atoms with Gasteiger partial charge in [-0.3, -0.25) is 0 Å². The summed E-state index contributed by atoms with van der Waals surface area (Å²) >= 11 is 5.79. The molecule has 0 radical (unpaired) electrons. The van der Waals surface area contributed by atoms with Crippen molar-refractivity contribution in [2.45, 2.75) is 20.0 Å². The number of aliphatic hydroxyl groups is 1. The zero-order valence-electron chi connectivity index (χ0n) is 8.27. The van der Waals surface area contributed by atoms with Gasteiger partial charge in [0.1, 0.15) is 0 Å².